The predicted molar refractivity (Wildman–Crippen MR) is 91.9 cm³/mol. The number of carbonyl (C=O) groups is 2. The molecule has 5 nitrogen and oxygen atoms in total. The third kappa shape index (κ3) is 2.70. The van der Waals surface area contributed by atoms with Crippen LogP contribution in [0.3, 0.4) is 0 Å². The van der Waals surface area contributed by atoms with Crippen molar-refractivity contribution in [2.24, 2.45) is 0 Å². The molecule has 0 atom stereocenters. The first-order valence-electron chi connectivity index (χ1n) is 7.48. The normalized spacial score (nSPS) is 13.0. The molecule has 0 saturated carbocycles. The third-order valence-corrected chi connectivity index (χ3v) is 4.78. The lowest BCUT2D eigenvalue weighted by atomic mass is 10.0. The molecular weight excluding hydrogens is 312 g/mol. The molecule has 0 unspecified atom stereocenters. The van der Waals surface area contributed by atoms with Crippen LogP contribution in [0.5, 0.6) is 0 Å². The van der Waals surface area contributed by atoms with Crippen molar-refractivity contribution in [1.29, 1.82) is 0 Å². The number of amides is 1. The highest BCUT2D eigenvalue weighted by Gasteiger charge is 2.25. The number of carbonyl (C=O) groups excluding carboxylic acids is 2. The van der Waals surface area contributed by atoms with Crippen molar-refractivity contribution in [3.05, 3.63) is 34.7 Å². The number of hydrogen-bond acceptors (Lipinski definition) is 5. The first-order valence-corrected chi connectivity index (χ1v) is 8.36. The van der Waals surface area contributed by atoms with Gasteiger partial charge in [0, 0.05) is 30.1 Å². The fraction of sp³-hybridized carbons (Fsp3) is 0.294. The first-order chi connectivity index (χ1) is 11.0. The second kappa shape index (κ2) is 6.04. The number of anilines is 2. The monoisotopic (exact) mass is 330 g/mol. The lowest BCUT2D eigenvalue weighted by Gasteiger charge is -2.15. The van der Waals surface area contributed by atoms with Gasteiger partial charge in [0.1, 0.15) is 10.6 Å². The minimum Gasteiger partial charge on any atom is -0.462 e. The van der Waals surface area contributed by atoms with Gasteiger partial charge in [-0.2, -0.15) is 0 Å². The number of ether oxygens (including phenoxy) is 1. The van der Waals surface area contributed by atoms with Crippen LogP contribution in [0.1, 0.15) is 29.8 Å². The zero-order valence-electron chi connectivity index (χ0n) is 13.1. The summed E-state index contributed by atoms with van der Waals surface area (Å²) in [5.41, 5.74) is 10.0. The van der Waals surface area contributed by atoms with Gasteiger partial charge in [0.15, 0.2) is 0 Å². The molecule has 3 rings (SSSR count). The molecule has 1 amide bonds. The Labute approximate surface area is 138 Å². The van der Waals surface area contributed by atoms with Crippen molar-refractivity contribution in [3.8, 4) is 11.1 Å². The Hall–Kier alpha value is -2.34. The van der Waals surface area contributed by atoms with E-state index in [0.717, 1.165) is 28.8 Å². The van der Waals surface area contributed by atoms with Gasteiger partial charge in [-0.05, 0) is 30.5 Å². The summed E-state index contributed by atoms with van der Waals surface area (Å²) in [6.07, 6.45) is 0.853. The largest absolute Gasteiger partial charge is 0.462 e. The summed E-state index contributed by atoms with van der Waals surface area (Å²) in [5, 5.41) is 2.30. The molecule has 1 aliphatic heterocycles. The van der Waals surface area contributed by atoms with E-state index in [1.54, 1.807) is 18.7 Å². The molecule has 2 aromatic rings. The van der Waals surface area contributed by atoms with Gasteiger partial charge in [0.2, 0.25) is 5.91 Å². The van der Waals surface area contributed by atoms with Crippen LogP contribution in [0, 0.1) is 0 Å². The van der Waals surface area contributed by atoms with Crippen LogP contribution >= 0.6 is 11.3 Å². The van der Waals surface area contributed by atoms with Gasteiger partial charge in [0.05, 0.1) is 6.61 Å². The fourth-order valence-corrected chi connectivity index (χ4v) is 3.68. The highest BCUT2D eigenvalue weighted by atomic mass is 32.1. The number of hydrogen-bond donors (Lipinski definition) is 1. The molecule has 0 spiro atoms. The summed E-state index contributed by atoms with van der Waals surface area (Å²) >= 11 is 1.32. The van der Waals surface area contributed by atoms with Crippen molar-refractivity contribution >= 4 is 33.9 Å². The molecule has 23 heavy (non-hydrogen) atoms. The molecule has 0 fully saturated rings. The number of esters is 1. The Morgan fingerprint density at radius 1 is 1.39 bits per heavy atom. The van der Waals surface area contributed by atoms with E-state index in [-0.39, 0.29) is 5.91 Å². The van der Waals surface area contributed by atoms with Crippen molar-refractivity contribution in [1.82, 2.24) is 0 Å². The summed E-state index contributed by atoms with van der Waals surface area (Å²) in [4.78, 5) is 25.7. The number of thiophene rings is 1. The van der Waals surface area contributed by atoms with E-state index < -0.39 is 5.97 Å². The molecule has 1 aliphatic rings. The van der Waals surface area contributed by atoms with E-state index in [9.17, 15) is 9.59 Å². The maximum absolute atomic E-state index is 12.2. The molecule has 2 N–H and O–H groups in total. The van der Waals surface area contributed by atoms with Crippen molar-refractivity contribution < 1.29 is 14.3 Å². The number of nitrogen functional groups attached to an aromatic ring is 1. The van der Waals surface area contributed by atoms with Gasteiger partial charge < -0.3 is 15.4 Å². The smallest absolute Gasteiger partial charge is 0.341 e. The Balaban J connectivity index is 2.06. The van der Waals surface area contributed by atoms with Crippen LogP contribution in [0.2, 0.25) is 0 Å². The zero-order valence-corrected chi connectivity index (χ0v) is 13.9. The fourth-order valence-electron chi connectivity index (χ4n) is 2.87. The molecule has 0 aliphatic carbocycles. The summed E-state index contributed by atoms with van der Waals surface area (Å²) in [6.45, 7) is 4.33. The minimum absolute atomic E-state index is 0.0244. The Morgan fingerprint density at radius 2 is 2.17 bits per heavy atom. The first kappa shape index (κ1) is 15.6. The maximum atomic E-state index is 12.2. The molecule has 0 bridgehead atoms. The average Bonchev–Trinajstić information content (AvgIpc) is 3.10. The van der Waals surface area contributed by atoms with Gasteiger partial charge in [-0.3, -0.25) is 4.79 Å². The molecule has 120 valence electrons. The topological polar surface area (TPSA) is 72.6 Å². The Bertz CT molecular complexity index is 782. The van der Waals surface area contributed by atoms with Crippen LogP contribution in [-0.4, -0.2) is 25.0 Å². The third-order valence-electron chi connectivity index (χ3n) is 3.97. The van der Waals surface area contributed by atoms with E-state index in [1.165, 1.54) is 11.3 Å². The number of benzene rings is 1. The molecule has 2 heterocycles. The Kier molecular flexibility index (Phi) is 4.09. The molecule has 1 aromatic heterocycles. The van der Waals surface area contributed by atoms with Crippen LogP contribution < -0.4 is 10.6 Å². The van der Waals surface area contributed by atoms with Crippen LogP contribution in [0.4, 0.5) is 10.7 Å². The van der Waals surface area contributed by atoms with Crippen LogP contribution in [-0.2, 0) is 16.0 Å². The zero-order chi connectivity index (χ0) is 16.6. The minimum atomic E-state index is -0.412. The van der Waals surface area contributed by atoms with Gasteiger partial charge in [-0.15, -0.1) is 11.3 Å². The quantitative estimate of drug-likeness (QED) is 0.878. The molecule has 0 radical (unpaired) electrons. The molecular formula is C17H18N2O3S. The Morgan fingerprint density at radius 3 is 2.87 bits per heavy atom. The number of nitrogens with zero attached hydrogens (tertiary/aromatic N) is 1. The van der Waals surface area contributed by atoms with Gasteiger partial charge >= 0.3 is 5.97 Å². The molecule has 1 aromatic carbocycles. The predicted octanol–water partition coefficient (Wildman–Crippen LogP) is 3.08. The van der Waals surface area contributed by atoms with E-state index >= 15 is 0 Å². The lowest BCUT2D eigenvalue weighted by molar-refractivity contribution is -0.116. The van der Waals surface area contributed by atoms with Crippen molar-refractivity contribution in [2.75, 3.05) is 23.8 Å². The van der Waals surface area contributed by atoms with E-state index in [0.29, 0.717) is 23.7 Å². The summed E-state index contributed by atoms with van der Waals surface area (Å²) in [5.74, 6) is -0.387. The standard InChI is InChI=1S/C17H18N2O3S/c1-3-22-17(21)15-13(9-23-16(15)18)12-5-4-11-6-7-19(10(2)20)14(11)8-12/h4-5,8-9H,3,6-7,18H2,1-2H3. The highest BCUT2D eigenvalue weighted by Crippen LogP contribution is 2.38. The van der Waals surface area contributed by atoms with E-state index in [4.69, 9.17) is 10.5 Å². The number of rotatable bonds is 3. The molecule has 6 heteroatoms. The maximum Gasteiger partial charge on any atom is 0.341 e. The van der Waals surface area contributed by atoms with Crippen molar-refractivity contribution in [2.45, 2.75) is 20.3 Å². The SMILES string of the molecule is CCOC(=O)c1c(-c2ccc3c(c2)N(C(C)=O)CC3)csc1N. The van der Waals surface area contributed by atoms with Gasteiger partial charge in [0.25, 0.3) is 0 Å². The number of nitrogens with two attached hydrogens (primary N) is 1. The van der Waals surface area contributed by atoms with Gasteiger partial charge in [-0.25, -0.2) is 4.79 Å². The van der Waals surface area contributed by atoms with Crippen LogP contribution in [0.25, 0.3) is 11.1 Å². The highest BCUT2D eigenvalue weighted by molar-refractivity contribution is 7.15. The lowest BCUT2D eigenvalue weighted by Crippen LogP contribution is -2.25. The van der Waals surface area contributed by atoms with Crippen molar-refractivity contribution in [3.63, 3.8) is 0 Å². The summed E-state index contributed by atoms with van der Waals surface area (Å²) in [6, 6.07) is 5.93. The van der Waals surface area contributed by atoms with Gasteiger partial charge in [-0.1, -0.05) is 12.1 Å². The second-order valence-corrected chi connectivity index (χ2v) is 6.28. The van der Waals surface area contributed by atoms with E-state index in [2.05, 4.69) is 0 Å². The number of fused-ring (bicyclic) bond motifs is 1. The molecule has 0 saturated heterocycles. The van der Waals surface area contributed by atoms with E-state index in [1.807, 2.05) is 23.6 Å². The average molecular weight is 330 g/mol. The summed E-state index contributed by atoms with van der Waals surface area (Å²) in [7, 11) is 0. The second-order valence-electron chi connectivity index (χ2n) is 5.37. The summed E-state index contributed by atoms with van der Waals surface area (Å²) < 4.78 is 5.10. The van der Waals surface area contributed by atoms with Crippen LogP contribution in [0.15, 0.2) is 23.6 Å².